The zero-order valence-corrected chi connectivity index (χ0v) is 11.2. The van der Waals surface area contributed by atoms with Crippen molar-refractivity contribution < 1.29 is 5.11 Å². The predicted molar refractivity (Wildman–Crippen MR) is 71.7 cm³/mol. The van der Waals surface area contributed by atoms with Crippen LogP contribution in [-0.2, 0) is 13.6 Å². The number of nitrogens with zero attached hydrogens (tertiary/aromatic N) is 2. The third-order valence-corrected chi connectivity index (χ3v) is 3.90. The highest BCUT2D eigenvalue weighted by Crippen LogP contribution is 2.21. The molecule has 0 aromatic carbocycles. The summed E-state index contributed by atoms with van der Waals surface area (Å²) in [5.41, 5.74) is 0.686. The van der Waals surface area contributed by atoms with Crippen molar-refractivity contribution in [3.63, 3.8) is 0 Å². The maximum absolute atomic E-state index is 11.5. The van der Waals surface area contributed by atoms with Crippen LogP contribution in [-0.4, -0.2) is 27.2 Å². The first-order chi connectivity index (χ1) is 8.61. The lowest BCUT2D eigenvalue weighted by Gasteiger charge is -2.35. The number of aryl methyl sites for hydroxylation is 1. The Morgan fingerprint density at radius 2 is 2.22 bits per heavy atom. The molecule has 0 radical (unpaired) electrons. The van der Waals surface area contributed by atoms with Gasteiger partial charge in [0.15, 0.2) is 5.75 Å². The predicted octanol–water partition coefficient (Wildman–Crippen LogP) is 1.86. The fourth-order valence-electron chi connectivity index (χ4n) is 2.75. The van der Waals surface area contributed by atoms with Crippen molar-refractivity contribution in [2.45, 2.75) is 45.2 Å². The van der Waals surface area contributed by atoms with Crippen LogP contribution < -0.4 is 5.43 Å². The third-order valence-electron chi connectivity index (χ3n) is 3.90. The summed E-state index contributed by atoms with van der Waals surface area (Å²) in [7, 11) is 1.87. The molecule has 0 aliphatic carbocycles. The van der Waals surface area contributed by atoms with Crippen molar-refractivity contribution in [2.24, 2.45) is 7.05 Å². The molecule has 4 heteroatoms. The lowest BCUT2D eigenvalue weighted by Crippen LogP contribution is -2.39. The van der Waals surface area contributed by atoms with Gasteiger partial charge in [-0.25, -0.2) is 0 Å². The van der Waals surface area contributed by atoms with Gasteiger partial charge in [-0.05, 0) is 25.8 Å². The van der Waals surface area contributed by atoms with Crippen LogP contribution in [0.4, 0.5) is 0 Å². The SMILES string of the molecule is CCC1CCCCN1Cc1cc(=O)c(O)cn1C. The number of rotatable bonds is 3. The van der Waals surface area contributed by atoms with Crippen molar-refractivity contribution >= 4 is 0 Å². The van der Waals surface area contributed by atoms with E-state index in [1.54, 1.807) is 6.07 Å². The molecule has 1 atom stereocenters. The van der Waals surface area contributed by atoms with Gasteiger partial charge >= 0.3 is 0 Å². The Hall–Kier alpha value is -1.29. The minimum absolute atomic E-state index is 0.174. The van der Waals surface area contributed by atoms with E-state index in [0.717, 1.165) is 25.2 Å². The van der Waals surface area contributed by atoms with Gasteiger partial charge in [0, 0.05) is 37.6 Å². The molecule has 100 valence electrons. The van der Waals surface area contributed by atoms with E-state index in [4.69, 9.17) is 0 Å². The highest BCUT2D eigenvalue weighted by molar-refractivity contribution is 5.20. The zero-order valence-electron chi connectivity index (χ0n) is 11.2. The minimum Gasteiger partial charge on any atom is -0.503 e. The average molecular weight is 250 g/mol. The topological polar surface area (TPSA) is 45.5 Å². The second kappa shape index (κ2) is 5.57. The summed E-state index contributed by atoms with van der Waals surface area (Å²) in [6.07, 6.45) is 6.46. The average Bonchev–Trinajstić information content (AvgIpc) is 2.36. The summed E-state index contributed by atoms with van der Waals surface area (Å²) in [5.74, 6) is -0.174. The number of piperidine rings is 1. The molecule has 1 aliphatic heterocycles. The monoisotopic (exact) mass is 250 g/mol. The van der Waals surface area contributed by atoms with Gasteiger partial charge < -0.3 is 9.67 Å². The molecule has 1 fully saturated rings. The van der Waals surface area contributed by atoms with Crippen LogP contribution in [0, 0.1) is 0 Å². The van der Waals surface area contributed by atoms with Crippen LogP contribution in [0.1, 0.15) is 38.3 Å². The standard InChI is InChI=1S/C14H22N2O2/c1-3-11-6-4-5-7-16(11)9-12-8-13(17)14(18)10-15(12)2/h8,10-11,18H,3-7,9H2,1-2H3. The molecule has 1 aliphatic rings. The van der Waals surface area contributed by atoms with Crippen molar-refractivity contribution in [3.8, 4) is 5.75 Å². The van der Waals surface area contributed by atoms with Crippen molar-refractivity contribution in [2.75, 3.05) is 6.54 Å². The molecule has 0 bridgehead atoms. The van der Waals surface area contributed by atoms with Crippen LogP contribution in [0.5, 0.6) is 5.75 Å². The fourth-order valence-corrected chi connectivity index (χ4v) is 2.75. The largest absolute Gasteiger partial charge is 0.503 e. The van der Waals surface area contributed by atoms with Gasteiger partial charge in [0.1, 0.15) is 0 Å². The highest BCUT2D eigenvalue weighted by Gasteiger charge is 2.21. The van der Waals surface area contributed by atoms with Crippen LogP contribution >= 0.6 is 0 Å². The molecule has 0 spiro atoms. The minimum atomic E-state index is -0.284. The Morgan fingerprint density at radius 1 is 1.44 bits per heavy atom. The van der Waals surface area contributed by atoms with E-state index >= 15 is 0 Å². The Balaban J connectivity index is 2.17. The van der Waals surface area contributed by atoms with E-state index in [1.807, 2.05) is 11.6 Å². The van der Waals surface area contributed by atoms with Gasteiger partial charge in [0.25, 0.3) is 0 Å². The Bertz CT molecular complexity index is 467. The first-order valence-electron chi connectivity index (χ1n) is 6.74. The maximum Gasteiger partial charge on any atom is 0.223 e. The van der Waals surface area contributed by atoms with Crippen LogP contribution in [0.25, 0.3) is 0 Å². The summed E-state index contributed by atoms with van der Waals surface area (Å²) in [4.78, 5) is 14.0. The lowest BCUT2D eigenvalue weighted by atomic mass is 10.00. The van der Waals surface area contributed by atoms with Crippen molar-refractivity contribution in [1.82, 2.24) is 9.47 Å². The van der Waals surface area contributed by atoms with E-state index in [-0.39, 0.29) is 11.2 Å². The Labute approximate surface area is 108 Å². The van der Waals surface area contributed by atoms with Gasteiger partial charge in [0.2, 0.25) is 5.43 Å². The van der Waals surface area contributed by atoms with E-state index in [9.17, 15) is 9.90 Å². The Morgan fingerprint density at radius 3 is 2.94 bits per heavy atom. The molecule has 1 aromatic heterocycles. The lowest BCUT2D eigenvalue weighted by molar-refractivity contribution is 0.133. The van der Waals surface area contributed by atoms with Gasteiger partial charge in [0.05, 0.1) is 0 Å². The highest BCUT2D eigenvalue weighted by atomic mass is 16.3. The third kappa shape index (κ3) is 2.75. The molecular weight excluding hydrogens is 228 g/mol. The smallest absolute Gasteiger partial charge is 0.223 e. The summed E-state index contributed by atoms with van der Waals surface area (Å²) in [5, 5.41) is 9.38. The normalized spacial score (nSPS) is 21.1. The summed E-state index contributed by atoms with van der Waals surface area (Å²) in [6, 6.07) is 2.18. The molecule has 1 aromatic rings. The molecule has 1 N–H and O–H groups in total. The number of hydrogen-bond acceptors (Lipinski definition) is 3. The summed E-state index contributed by atoms with van der Waals surface area (Å²) >= 11 is 0. The first-order valence-corrected chi connectivity index (χ1v) is 6.74. The quantitative estimate of drug-likeness (QED) is 0.890. The second-order valence-corrected chi connectivity index (χ2v) is 5.15. The molecule has 0 saturated carbocycles. The maximum atomic E-state index is 11.5. The molecule has 18 heavy (non-hydrogen) atoms. The molecule has 1 saturated heterocycles. The zero-order chi connectivity index (χ0) is 13.1. The number of hydrogen-bond donors (Lipinski definition) is 1. The Kier molecular flexibility index (Phi) is 4.07. The first kappa shape index (κ1) is 13.1. The number of likely N-dealkylation sites (tertiary alicyclic amines) is 1. The van der Waals surface area contributed by atoms with Crippen molar-refractivity contribution in [1.29, 1.82) is 0 Å². The van der Waals surface area contributed by atoms with Crippen LogP contribution in [0.2, 0.25) is 0 Å². The number of aromatic hydroxyl groups is 1. The van der Waals surface area contributed by atoms with Gasteiger partial charge in [-0.1, -0.05) is 13.3 Å². The number of pyridine rings is 1. The van der Waals surface area contributed by atoms with Crippen molar-refractivity contribution in [3.05, 3.63) is 28.2 Å². The molecule has 0 amide bonds. The molecular formula is C14H22N2O2. The van der Waals surface area contributed by atoms with Gasteiger partial charge in [-0.3, -0.25) is 9.69 Å². The van der Waals surface area contributed by atoms with Crippen LogP contribution in [0.3, 0.4) is 0 Å². The van der Waals surface area contributed by atoms with Crippen LogP contribution in [0.15, 0.2) is 17.1 Å². The molecule has 2 rings (SSSR count). The molecule has 4 nitrogen and oxygen atoms in total. The summed E-state index contributed by atoms with van der Waals surface area (Å²) < 4.78 is 1.85. The molecule has 1 unspecified atom stereocenters. The van der Waals surface area contributed by atoms with E-state index in [2.05, 4.69) is 11.8 Å². The van der Waals surface area contributed by atoms with E-state index in [1.165, 1.54) is 25.5 Å². The van der Waals surface area contributed by atoms with Gasteiger partial charge in [-0.2, -0.15) is 0 Å². The van der Waals surface area contributed by atoms with Gasteiger partial charge in [-0.15, -0.1) is 0 Å². The van der Waals surface area contributed by atoms with E-state index in [0.29, 0.717) is 6.04 Å². The fraction of sp³-hybridized carbons (Fsp3) is 0.643. The molecule has 2 heterocycles. The number of aromatic nitrogens is 1. The van der Waals surface area contributed by atoms with E-state index < -0.39 is 0 Å². The second-order valence-electron chi connectivity index (χ2n) is 5.15. The summed E-state index contributed by atoms with van der Waals surface area (Å²) in [6.45, 7) is 4.12.